The van der Waals surface area contributed by atoms with Crippen LogP contribution in [0.3, 0.4) is 0 Å². The Hall–Kier alpha value is -0.370. The van der Waals surface area contributed by atoms with E-state index in [-0.39, 0.29) is 0 Å². The molecule has 86 valence electrons. The van der Waals surface area contributed by atoms with Gasteiger partial charge in [0.05, 0.1) is 0 Å². The van der Waals surface area contributed by atoms with Crippen molar-refractivity contribution < 1.29 is 4.79 Å². The van der Waals surface area contributed by atoms with Crippen molar-refractivity contribution in [2.24, 2.45) is 23.5 Å². The molecule has 0 saturated heterocycles. The second-order valence-corrected chi connectivity index (χ2v) is 5.49. The summed E-state index contributed by atoms with van der Waals surface area (Å²) >= 11 is 0. The van der Waals surface area contributed by atoms with Crippen molar-refractivity contribution in [2.75, 3.05) is 0 Å². The van der Waals surface area contributed by atoms with Crippen molar-refractivity contribution in [1.29, 1.82) is 0 Å². The van der Waals surface area contributed by atoms with Gasteiger partial charge in [-0.1, -0.05) is 0 Å². The maximum atomic E-state index is 10.7. The van der Waals surface area contributed by atoms with E-state index in [9.17, 15) is 4.79 Å². The normalized spacial score (nSPS) is 42.5. The number of nitrogens with two attached hydrogens (primary N) is 1. The van der Waals surface area contributed by atoms with Gasteiger partial charge in [-0.2, -0.15) is 0 Å². The van der Waals surface area contributed by atoms with Crippen LogP contribution < -0.4 is 5.73 Å². The molecule has 0 aliphatic heterocycles. The van der Waals surface area contributed by atoms with Crippen molar-refractivity contribution >= 4 is 6.29 Å². The van der Waals surface area contributed by atoms with E-state index in [0.29, 0.717) is 12.0 Å². The van der Waals surface area contributed by atoms with Crippen LogP contribution in [0.5, 0.6) is 0 Å². The van der Waals surface area contributed by atoms with E-state index >= 15 is 0 Å². The van der Waals surface area contributed by atoms with Crippen LogP contribution >= 0.6 is 0 Å². The first-order chi connectivity index (χ1) is 7.29. The molecule has 0 unspecified atom stereocenters. The highest BCUT2D eigenvalue weighted by Gasteiger charge is 2.29. The quantitative estimate of drug-likeness (QED) is 0.710. The molecule has 2 fully saturated rings. The van der Waals surface area contributed by atoms with Crippen molar-refractivity contribution in [3.05, 3.63) is 0 Å². The van der Waals surface area contributed by atoms with Crippen LogP contribution in [0.2, 0.25) is 0 Å². The number of hydrogen-bond donors (Lipinski definition) is 1. The molecule has 15 heavy (non-hydrogen) atoms. The molecule has 0 radical (unpaired) electrons. The van der Waals surface area contributed by atoms with Gasteiger partial charge in [-0.05, 0) is 63.2 Å². The van der Waals surface area contributed by atoms with E-state index in [1.807, 2.05) is 0 Å². The summed E-state index contributed by atoms with van der Waals surface area (Å²) in [4.78, 5) is 10.7. The van der Waals surface area contributed by atoms with E-state index in [1.54, 1.807) is 0 Å². The molecule has 0 spiro atoms. The summed E-state index contributed by atoms with van der Waals surface area (Å²) in [6.45, 7) is 0. The standard InChI is InChI=1S/C13H23NO/c14-13-7-5-12(6-8-13)11-3-1-10(9-15)2-4-11/h9-13H,1-8,14H2. The minimum atomic E-state index is 0.368. The molecule has 2 aliphatic carbocycles. The SMILES string of the molecule is NC1CCC(C2CCC(C=O)CC2)CC1. The first kappa shape index (κ1) is 11.1. The third-order valence-electron chi connectivity index (χ3n) is 4.49. The third kappa shape index (κ3) is 2.81. The summed E-state index contributed by atoms with van der Waals surface area (Å²) in [5.41, 5.74) is 5.92. The predicted molar refractivity (Wildman–Crippen MR) is 61.4 cm³/mol. The second-order valence-electron chi connectivity index (χ2n) is 5.49. The molecule has 2 aliphatic rings. The zero-order valence-electron chi connectivity index (χ0n) is 9.53. The van der Waals surface area contributed by atoms with Crippen LogP contribution in [0.4, 0.5) is 0 Å². The number of hydrogen-bond acceptors (Lipinski definition) is 2. The van der Waals surface area contributed by atoms with Crippen LogP contribution in [-0.2, 0) is 4.79 Å². The van der Waals surface area contributed by atoms with Gasteiger partial charge in [-0.3, -0.25) is 0 Å². The lowest BCUT2D eigenvalue weighted by molar-refractivity contribution is -0.112. The Balaban J connectivity index is 1.78. The van der Waals surface area contributed by atoms with Gasteiger partial charge in [0.2, 0.25) is 0 Å². The lowest BCUT2D eigenvalue weighted by Gasteiger charge is -2.36. The van der Waals surface area contributed by atoms with Gasteiger partial charge in [0, 0.05) is 12.0 Å². The molecule has 0 bridgehead atoms. The first-order valence-electron chi connectivity index (χ1n) is 6.50. The Morgan fingerprint density at radius 2 is 1.27 bits per heavy atom. The minimum Gasteiger partial charge on any atom is -0.328 e. The average Bonchev–Trinajstić information content (AvgIpc) is 2.30. The Labute approximate surface area is 92.6 Å². The monoisotopic (exact) mass is 209 g/mol. The van der Waals surface area contributed by atoms with Gasteiger partial charge in [-0.25, -0.2) is 0 Å². The summed E-state index contributed by atoms with van der Waals surface area (Å²) < 4.78 is 0. The van der Waals surface area contributed by atoms with E-state index in [0.717, 1.165) is 31.0 Å². The molecule has 0 aromatic carbocycles. The number of aldehydes is 1. The van der Waals surface area contributed by atoms with Crippen molar-refractivity contribution in [3.8, 4) is 0 Å². The van der Waals surface area contributed by atoms with Gasteiger partial charge < -0.3 is 10.5 Å². The van der Waals surface area contributed by atoms with Crippen LogP contribution in [-0.4, -0.2) is 12.3 Å². The third-order valence-corrected chi connectivity index (χ3v) is 4.49. The van der Waals surface area contributed by atoms with Crippen LogP contribution in [0.1, 0.15) is 51.4 Å². The lowest BCUT2D eigenvalue weighted by atomic mass is 9.70. The zero-order chi connectivity index (χ0) is 10.7. The Morgan fingerprint density at radius 1 is 0.800 bits per heavy atom. The summed E-state index contributed by atoms with van der Waals surface area (Å²) in [5, 5.41) is 0. The molecule has 2 saturated carbocycles. The maximum absolute atomic E-state index is 10.7. The van der Waals surface area contributed by atoms with Crippen LogP contribution in [0.25, 0.3) is 0 Å². The van der Waals surface area contributed by atoms with Crippen LogP contribution in [0, 0.1) is 17.8 Å². The fourth-order valence-electron chi connectivity index (χ4n) is 3.37. The minimum absolute atomic E-state index is 0.368. The number of carbonyl (C=O) groups excluding carboxylic acids is 1. The van der Waals surface area contributed by atoms with Gasteiger partial charge in [0.15, 0.2) is 0 Å². The largest absolute Gasteiger partial charge is 0.328 e. The summed E-state index contributed by atoms with van der Waals surface area (Å²) in [6, 6.07) is 0.465. The van der Waals surface area contributed by atoms with E-state index in [4.69, 9.17) is 5.73 Å². The Bertz CT molecular complexity index is 201. The summed E-state index contributed by atoms with van der Waals surface area (Å²) in [7, 11) is 0. The van der Waals surface area contributed by atoms with Gasteiger partial charge in [0.25, 0.3) is 0 Å². The molecular formula is C13H23NO. The van der Waals surface area contributed by atoms with E-state index in [1.165, 1.54) is 38.5 Å². The second kappa shape index (κ2) is 5.11. The molecule has 2 N–H and O–H groups in total. The molecule has 0 amide bonds. The van der Waals surface area contributed by atoms with Crippen molar-refractivity contribution in [1.82, 2.24) is 0 Å². The molecule has 0 heterocycles. The Kier molecular flexibility index (Phi) is 3.79. The molecule has 2 rings (SSSR count). The van der Waals surface area contributed by atoms with Gasteiger partial charge in [-0.15, -0.1) is 0 Å². The highest BCUT2D eigenvalue weighted by molar-refractivity contribution is 5.53. The molecule has 0 atom stereocenters. The summed E-state index contributed by atoms with van der Waals surface area (Å²) in [5.74, 6) is 2.18. The number of rotatable bonds is 2. The highest BCUT2D eigenvalue weighted by Crippen LogP contribution is 2.39. The Morgan fingerprint density at radius 3 is 1.73 bits per heavy atom. The molecule has 2 nitrogen and oxygen atoms in total. The predicted octanol–water partition coefficient (Wildman–Crippen LogP) is 2.51. The van der Waals surface area contributed by atoms with E-state index in [2.05, 4.69) is 0 Å². The van der Waals surface area contributed by atoms with Gasteiger partial charge >= 0.3 is 0 Å². The highest BCUT2D eigenvalue weighted by atomic mass is 16.1. The fourth-order valence-corrected chi connectivity index (χ4v) is 3.37. The maximum Gasteiger partial charge on any atom is 0.123 e. The zero-order valence-corrected chi connectivity index (χ0v) is 9.53. The molecular weight excluding hydrogens is 186 g/mol. The fraction of sp³-hybridized carbons (Fsp3) is 0.923. The van der Waals surface area contributed by atoms with E-state index < -0.39 is 0 Å². The van der Waals surface area contributed by atoms with Crippen molar-refractivity contribution in [3.63, 3.8) is 0 Å². The molecule has 2 heteroatoms. The first-order valence-corrected chi connectivity index (χ1v) is 6.50. The van der Waals surface area contributed by atoms with Crippen molar-refractivity contribution in [2.45, 2.75) is 57.4 Å². The topological polar surface area (TPSA) is 43.1 Å². The van der Waals surface area contributed by atoms with Crippen LogP contribution in [0.15, 0.2) is 0 Å². The molecule has 0 aromatic rings. The lowest BCUT2D eigenvalue weighted by Crippen LogP contribution is -2.31. The summed E-state index contributed by atoms with van der Waals surface area (Å²) in [6.07, 6.45) is 11.1. The van der Waals surface area contributed by atoms with Gasteiger partial charge in [0.1, 0.15) is 6.29 Å². The smallest absolute Gasteiger partial charge is 0.123 e. The molecule has 0 aromatic heterocycles. The average molecular weight is 209 g/mol. The number of carbonyl (C=O) groups is 1.